The molecule has 1 fully saturated rings. The molecule has 0 atom stereocenters. The number of aliphatic imine (C=N–C) groups is 1. The molecule has 0 aromatic heterocycles. The fourth-order valence-electron chi connectivity index (χ4n) is 2.85. The summed E-state index contributed by atoms with van der Waals surface area (Å²) >= 11 is 0. The van der Waals surface area contributed by atoms with Crippen LogP contribution in [0.15, 0.2) is 53.5 Å². The minimum atomic E-state index is -0.178. The number of guanidine groups is 1. The summed E-state index contributed by atoms with van der Waals surface area (Å²) in [5, 5.41) is 3.12. The van der Waals surface area contributed by atoms with Crippen LogP contribution in [-0.2, 0) is 11.8 Å². The number of nitrogens with two attached hydrogens (primary N) is 1. The van der Waals surface area contributed by atoms with Crippen molar-refractivity contribution in [1.82, 2.24) is 0 Å². The van der Waals surface area contributed by atoms with Gasteiger partial charge in [-0.25, -0.2) is 4.39 Å². The van der Waals surface area contributed by atoms with Crippen LogP contribution >= 0.6 is 0 Å². The molecule has 2 aromatic rings. The molecule has 0 aliphatic heterocycles. The van der Waals surface area contributed by atoms with E-state index in [0.717, 1.165) is 30.5 Å². The van der Waals surface area contributed by atoms with E-state index in [1.165, 1.54) is 11.6 Å². The average molecular weight is 311 g/mol. The third kappa shape index (κ3) is 3.52. The number of anilines is 1. The summed E-state index contributed by atoms with van der Waals surface area (Å²) in [6.45, 7) is 2.63. The first-order valence-electron chi connectivity index (χ1n) is 8.04. The van der Waals surface area contributed by atoms with Gasteiger partial charge in [0.25, 0.3) is 0 Å². The Balaban J connectivity index is 1.69. The first-order valence-corrected chi connectivity index (χ1v) is 8.04. The van der Waals surface area contributed by atoms with Gasteiger partial charge in [0, 0.05) is 11.1 Å². The van der Waals surface area contributed by atoms with Gasteiger partial charge in [-0.05, 0) is 48.6 Å². The zero-order valence-corrected chi connectivity index (χ0v) is 13.3. The summed E-state index contributed by atoms with van der Waals surface area (Å²) in [6, 6.07) is 15.1. The highest BCUT2D eigenvalue weighted by Crippen LogP contribution is 2.49. The number of nitrogens with zero attached hydrogens (tertiary/aromatic N) is 1. The molecule has 3 nitrogen and oxygen atoms in total. The van der Waals surface area contributed by atoms with Gasteiger partial charge in [0.05, 0.1) is 6.54 Å². The molecule has 0 spiro atoms. The number of halogens is 1. The SMILES string of the molecule is CCc1cccc(NC(N)=NCC2(c3ccccc3F)CC2)c1. The van der Waals surface area contributed by atoms with Crippen molar-refractivity contribution < 1.29 is 4.39 Å². The van der Waals surface area contributed by atoms with E-state index in [9.17, 15) is 4.39 Å². The minimum Gasteiger partial charge on any atom is -0.370 e. The molecule has 2 aromatic carbocycles. The molecule has 0 saturated heterocycles. The highest BCUT2D eigenvalue weighted by Gasteiger charge is 2.45. The van der Waals surface area contributed by atoms with E-state index in [4.69, 9.17) is 5.73 Å². The lowest BCUT2D eigenvalue weighted by molar-refractivity contribution is 0.573. The second-order valence-corrected chi connectivity index (χ2v) is 6.14. The van der Waals surface area contributed by atoms with E-state index in [1.807, 2.05) is 24.3 Å². The van der Waals surface area contributed by atoms with E-state index in [1.54, 1.807) is 6.07 Å². The molecule has 1 aliphatic rings. The van der Waals surface area contributed by atoms with Crippen LogP contribution in [0.3, 0.4) is 0 Å². The number of nitrogens with one attached hydrogen (secondary N) is 1. The van der Waals surface area contributed by atoms with Gasteiger partial charge in [-0.3, -0.25) is 4.99 Å². The van der Waals surface area contributed by atoms with Gasteiger partial charge in [0.1, 0.15) is 5.82 Å². The normalized spacial score (nSPS) is 16.2. The summed E-state index contributed by atoms with van der Waals surface area (Å²) < 4.78 is 14.0. The van der Waals surface area contributed by atoms with E-state index in [-0.39, 0.29) is 11.2 Å². The molecule has 0 bridgehead atoms. The van der Waals surface area contributed by atoms with Crippen LogP contribution < -0.4 is 11.1 Å². The molecule has 4 heteroatoms. The molecule has 0 amide bonds. The highest BCUT2D eigenvalue weighted by molar-refractivity contribution is 5.92. The van der Waals surface area contributed by atoms with Crippen LogP contribution in [0.25, 0.3) is 0 Å². The summed E-state index contributed by atoms with van der Waals surface area (Å²) in [7, 11) is 0. The van der Waals surface area contributed by atoms with Crippen LogP contribution in [0.2, 0.25) is 0 Å². The molecule has 1 aliphatic carbocycles. The lowest BCUT2D eigenvalue weighted by atomic mass is 9.95. The number of rotatable bonds is 5. The van der Waals surface area contributed by atoms with Crippen molar-refractivity contribution >= 4 is 11.6 Å². The predicted molar refractivity (Wildman–Crippen MR) is 93.2 cm³/mol. The van der Waals surface area contributed by atoms with Crippen molar-refractivity contribution in [2.75, 3.05) is 11.9 Å². The quantitative estimate of drug-likeness (QED) is 0.651. The molecule has 3 N–H and O–H groups in total. The number of benzene rings is 2. The van der Waals surface area contributed by atoms with E-state index >= 15 is 0 Å². The average Bonchev–Trinajstić information content (AvgIpc) is 3.35. The number of hydrogen-bond donors (Lipinski definition) is 2. The number of hydrogen-bond acceptors (Lipinski definition) is 1. The zero-order valence-electron chi connectivity index (χ0n) is 13.3. The van der Waals surface area contributed by atoms with Crippen LogP contribution in [0.1, 0.15) is 30.9 Å². The topological polar surface area (TPSA) is 50.4 Å². The smallest absolute Gasteiger partial charge is 0.193 e. The maximum absolute atomic E-state index is 14.0. The van der Waals surface area contributed by atoms with Crippen LogP contribution in [0.4, 0.5) is 10.1 Å². The summed E-state index contributed by atoms with van der Waals surface area (Å²) in [4.78, 5) is 4.44. The maximum atomic E-state index is 14.0. The molecule has 0 unspecified atom stereocenters. The molecule has 23 heavy (non-hydrogen) atoms. The highest BCUT2D eigenvalue weighted by atomic mass is 19.1. The second-order valence-electron chi connectivity index (χ2n) is 6.14. The van der Waals surface area contributed by atoms with Crippen molar-refractivity contribution in [2.45, 2.75) is 31.6 Å². The molecular formula is C19H22FN3. The lowest BCUT2D eigenvalue weighted by Gasteiger charge is -2.15. The monoisotopic (exact) mass is 311 g/mol. The first kappa shape index (κ1) is 15.5. The zero-order chi connectivity index (χ0) is 16.3. The fourth-order valence-corrected chi connectivity index (χ4v) is 2.85. The predicted octanol–water partition coefficient (Wildman–Crippen LogP) is 3.85. The third-order valence-corrected chi connectivity index (χ3v) is 4.46. The maximum Gasteiger partial charge on any atom is 0.193 e. The molecule has 0 radical (unpaired) electrons. The van der Waals surface area contributed by atoms with Gasteiger partial charge in [0.15, 0.2) is 5.96 Å². The molecular weight excluding hydrogens is 289 g/mol. The largest absolute Gasteiger partial charge is 0.370 e. The molecule has 120 valence electrons. The van der Waals surface area contributed by atoms with Crippen molar-refractivity contribution in [3.05, 3.63) is 65.5 Å². The molecule has 0 heterocycles. The van der Waals surface area contributed by atoms with Crippen LogP contribution in [0.5, 0.6) is 0 Å². The van der Waals surface area contributed by atoms with Crippen molar-refractivity contribution in [3.8, 4) is 0 Å². The van der Waals surface area contributed by atoms with Gasteiger partial charge in [-0.15, -0.1) is 0 Å². The first-order chi connectivity index (χ1) is 11.1. The molecule has 1 saturated carbocycles. The summed E-state index contributed by atoms with van der Waals surface area (Å²) in [5.41, 5.74) is 8.75. The van der Waals surface area contributed by atoms with Crippen LogP contribution in [-0.4, -0.2) is 12.5 Å². The van der Waals surface area contributed by atoms with Gasteiger partial charge in [0.2, 0.25) is 0 Å². The Hall–Kier alpha value is -2.36. The summed E-state index contributed by atoms with van der Waals surface area (Å²) in [5.74, 6) is 0.225. The number of aryl methyl sites for hydroxylation is 1. The Morgan fingerprint density at radius 1 is 1.22 bits per heavy atom. The Labute approximate surface area is 136 Å². The standard InChI is InChI=1S/C19H22FN3/c1-2-14-6-5-7-15(12-14)23-18(21)22-13-19(10-11-19)16-8-3-4-9-17(16)20/h3-9,12H,2,10-11,13H2,1H3,(H3,21,22,23). The van der Waals surface area contributed by atoms with Gasteiger partial charge in [-0.1, -0.05) is 37.3 Å². The Kier molecular flexibility index (Phi) is 4.33. The Bertz CT molecular complexity index is 720. The van der Waals surface area contributed by atoms with Gasteiger partial charge in [-0.2, -0.15) is 0 Å². The third-order valence-electron chi connectivity index (χ3n) is 4.46. The van der Waals surface area contributed by atoms with E-state index in [0.29, 0.717) is 12.5 Å². The lowest BCUT2D eigenvalue weighted by Crippen LogP contribution is -2.25. The van der Waals surface area contributed by atoms with E-state index in [2.05, 4.69) is 29.4 Å². The Morgan fingerprint density at radius 2 is 2.00 bits per heavy atom. The van der Waals surface area contributed by atoms with Gasteiger partial charge >= 0.3 is 0 Å². The Morgan fingerprint density at radius 3 is 2.70 bits per heavy atom. The second kappa shape index (κ2) is 6.41. The van der Waals surface area contributed by atoms with Crippen molar-refractivity contribution in [1.29, 1.82) is 0 Å². The van der Waals surface area contributed by atoms with Crippen molar-refractivity contribution in [2.24, 2.45) is 10.7 Å². The van der Waals surface area contributed by atoms with Crippen LogP contribution in [0, 0.1) is 5.82 Å². The molecule has 3 rings (SSSR count). The fraction of sp³-hybridized carbons (Fsp3) is 0.316. The summed E-state index contributed by atoms with van der Waals surface area (Å²) in [6.07, 6.45) is 2.88. The van der Waals surface area contributed by atoms with E-state index < -0.39 is 0 Å². The minimum absolute atomic E-state index is 0.151. The van der Waals surface area contributed by atoms with Gasteiger partial charge < -0.3 is 11.1 Å². The van der Waals surface area contributed by atoms with Crippen molar-refractivity contribution in [3.63, 3.8) is 0 Å².